The molecule has 1 unspecified atom stereocenters. The monoisotopic (exact) mass is 307 g/mol. The summed E-state index contributed by atoms with van der Waals surface area (Å²) in [5.41, 5.74) is 12.3. The van der Waals surface area contributed by atoms with Crippen LogP contribution in [0, 0.1) is 0 Å². The van der Waals surface area contributed by atoms with Crippen LogP contribution in [0.5, 0.6) is 5.75 Å². The van der Waals surface area contributed by atoms with Crippen molar-refractivity contribution in [2.75, 3.05) is 18.5 Å². The van der Waals surface area contributed by atoms with Crippen molar-refractivity contribution in [3.63, 3.8) is 0 Å². The number of carbonyl (C=O) groups is 1. The summed E-state index contributed by atoms with van der Waals surface area (Å²) >= 11 is 0. The maximum atomic E-state index is 11.2. The Hall–Kier alpha value is -1.79. The first-order chi connectivity index (χ1) is 10.6. The van der Waals surface area contributed by atoms with Crippen LogP contribution in [0.1, 0.15) is 43.6 Å². The third-order valence-corrected chi connectivity index (χ3v) is 4.04. The molecule has 1 aliphatic carbocycles. The van der Waals surface area contributed by atoms with Gasteiger partial charge in [0.2, 0.25) is 0 Å². The highest BCUT2D eigenvalue weighted by atomic mass is 16.5. The predicted octanol–water partition coefficient (Wildman–Crippen LogP) is 1.92. The summed E-state index contributed by atoms with van der Waals surface area (Å²) in [7, 11) is 0. The third kappa shape index (κ3) is 4.61. The van der Waals surface area contributed by atoms with E-state index in [2.05, 4.69) is 5.32 Å². The van der Waals surface area contributed by atoms with Crippen molar-refractivity contribution < 1.29 is 14.6 Å². The lowest BCUT2D eigenvalue weighted by atomic mass is 9.84. The number of nitrogens with one attached hydrogen (secondary N) is 1. The average Bonchev–Trinajstić information content (AvgIpc) is 2.53. The van der Waals surface area contributed by atoms with Crippen molar-refractivity contribution in [2.24, 2.45) is 11.5 Å². The number of aliphatic hydroxyl groups excluding tert-OH is 1. The lowest BCUT2D eigenvalue weighted by Crippen LogP contribution is -2.27. The molecule has 0 heterocycles. The van der Waals surface area contributed by atoms with E-state index in [0.29, 0.717) is 17.4 Å². The van der Waals surface area contributed by atoms with Gasteiger partial charge in [-0.15, -0.1) is 0 Å². The molecule has 6 N–H and O–H groups in total. The summed E-state index contributed by atoms with van der Waals surface area (Å²) in [5.74, 6) is 1.01. The van der Waals surface area contributed by atoms with E-state index in [-0.39, 0.29) is 13.2 Å². The van der Waals surface area contributed by atoms with E-state index in [1.54, 1.807) is 0 Å². The minimum atomic E-state index is -0.737. The largest absolute Gasteiger partial charge is 0.489 e. The third-order valence-electron chi connectivity index (χ3n) is 4.04. The number of rotatable bonds is 6. The van der Waals surface area contributed by atoms with Gasteiger partial charge >= 0.3 is 6.03 Å². The number of aliphatic hydroxyl groups is 1. The number of anilines is 1. The first-order valence-electron chi connectivity index (χ1n) is 7.81. The number of benzene rings is 1. The Morgan fingerprint density at radius 2 is 2.09 bits per heavy atom. The van der Waals surface area contributed by atoms with Crippen LogP contribution < -0.4 is 21.5 Å². The van der Waals surface area contributed by atoms with Gasteiger partial charge in [-0.2, -0.15) is 0 Å². The summed E-state index contributed by atoms with van der Waals surface area (Å²) < 4.78 is 5.53. The molecule has 1 atom stereocenters. The zero-order chi connectivity index (χ0) is 15.9. The summed E-state index contributed by atoms with van der Waals surface area (Å²) in [6.45, 7) is 0.200. The van der Waals surface area contributed by atoms with Crippen molar-refractivity contribution in [2.45, 2.75) is 44.1 Å². The molecule has 22 heavy (non-hydrogen) atoms. The van der Waals surface area contributed by atoms with Gasteiger partial charge in [0.25, 0.3) is 0 Å². The van der Waals surface area contributed by atoms with Gasteiger partial charge < -0.3 is 26.6 Å². The second kappa shape index (κ2) is 8.00. The average molecular weight is 307 g/mol. The number of primary amides is 1. The molecule has 1 saturated carbocycles. The topological polar surface area (TPSA) is 111 Å². The Balaban J connectivity index is 2.15. The van der Waals surface area contributed by atoms with Crippen molar-refractivity contribution in [1.82, 2.24) is 0 Å². The van der Waals surface area contributed by atoms with Gasteiger partial charge in [-0.25, -0.2) is 4.79 Å². The fourth-order valence-electron chi connectivity index (χ4n) is 2.85. The molecule has 0 aliphatic heterocycles. The Bertz CT molecular complexity index is 501. The molecule has 0 saturated heterocycles. The zero-order valence-electron chi connectivity index (χ0n) is 12.8. The van der Waals surface area contributed by atoms with E-state index in [4.69, 9.17) is 16.2 Å². The zero-order valence-corrected chi connectivity index (χ0v) is 12.8. The molecular weight excluding hydrogens is 282 g/mol. The normalized spacial score (nSPS) is 17.0. The number of hydrogen-bond acceptors (Lipinski definition) is 4. The number of hydrogen-bond donors (Lipinski definition) is 4. The van der Waals surface area contributed by atoms with E-state index in [1.165, 1.54) is 37.7 Å². The fraction of sp³-hybridized carbons (Fsp3) is 0.562. The molecule has 0 radical (unpaired) electrons. The van der Waals surface area contributed by atoms with Crippen molar-refractivity contribution in [3.05, 3.63) is 23.8 Å². The van der Waals surface area contributed by atoms with Crippen LogP contribution in [-0.4, -0.2) is 30.4 Å². The quantitative estimate of drug-likeness (QED) is 0.643. The molecule has 122 valence electrons. The Morgan fingerprint density at radius 1 is 1.36 bits per heavy atom. The van der Waals surface area contributed by atoms with Crippen LogP contribution in [0.2, 0.25) is 0 Å². The second-order valence-electron chi connectivity index (χ2n) is 5.78. The molecule has 1 aromatic rings. The number of nitrogens with two attached hydrogens (primary N) is 2. The Kier molecular flexibility index (Phi) is 6.03. The van der Waals surface area contributed by atoms with Gasteiger partial charge in [0.15, 0.2) is 0 Å². The van der Waals surface area contributed by atoms with Crippen LogP contribution in [0.25, 0.3) is 0 Å². The van der Waals surface area contributed by atoms with E-state index >= 15 is 0 Å². The predicted molar refractivity (Wildman–Crippen MR) is 86.0 cm³/mol. The fourth-order valence-corrected chi connectivity index (χ4v) is 2.85. The van der Waals surface area contributed by atoms with Gasteiger partial charge in [0, 0.05) is 6.54 Å². The summed E-state index contributed by atoms with van der Waals surface area (Å²) in [6, 6.07) is 5.13. The molecule has 1 fully saturated rings. The smallest absolute Gasteiger partial charge is 0.316 e. The molecule has 0 aromatic heterocycles. The molecule has 1 aromatic carbocycles. The molecule has 0 spiro atoms. The van der Waals surface area contributed by atoms with E-state index < -0.39 is 12.1 Å². The molecular formula is C16H25N3O3. The SMILES string of the molecule is NCC(O)COc1ccc(C2CCCCC2)cc1NC(N)=O. The van der Waals surface area contributed by atoms with Gasteiger partial charge in [-0.3, -0.25) is 0 Å². The van der Waals surface area contributed by atoms with Crippen LogP contribution in [0.3, 0.4) is 0 Å². The van der Waals surface area contributed by atoms with Crippen LogP contribution in [0.15, 0.2) is 18.2 Å². The first-order valence-corrected chi connectivity index (χ1v) is 7.81. The lowest BCUT2D eigenvalue weighted by Gasteiger charge is -2.23. The molecule has 1 aliphatic rings. The molecule has 2 rings (SSSR count). The molecule has 2 amide bonds. The standard InChI is InChI=1S/C16H25N3O3/c17-9-13(20)10-22-15-7-6-12(8-14(15)19-16(18)21)11-4-2-1-3-5-11/h6-8,11,13,20H,1-5,9-10,17H2,(H3,18,19,21). The Morgan fingerprint density at radius 3 is 2.73 bits per heavy atom. The minimum Gasteiger partial charge on any atom is -0.489 e. The van der Waals surface area contributed by atoms with Crippen LogP contribution >= 0.6 is 0 Å². The number of ether oxygens (including phenoxy) is 1. The van der Waals surface area contributed by atoms with Crippen molar-refractivity contribution in [1.29, 1.82) is 0 Å². The summed E-state index contributed by atoms with van der Waals surface area (Å²) in [6.07, 6.45) is 5.37. The molecule has 6 nitrogen and oxygen atoms in total. The highest BCUT2D eigenvalue weighted by Gasteiger charge is 2.18. The van der Waals surface area contributed by atoms with Gasteiger partial charge in [-0.1, -0.05) is 25.3 Å². The van der Waals surface area contributed by atoms with Gasteiger partial charge in [0.05, 0.1) is 5.69 Å². The second-order valence-corrected chi connectivity index (χ2v) is 5.78. The maximum absolute atomic E-state index is 11.2. The van der Waals surface area contributed by atoms with Gasteiger partial charge in [-0.05, 0) is 36.5 Å². The minimum absolute atomic E-state index is 0.0761. The lowest BCUT2D eigenvalue weighted by molar-refractivity contribution is 0.114. The number of carbonyl (C=O) groups excluding carboxylic acids is 1. The maximum Gasteiger partial charge on any atom is 0.316 e. The first kappa shape index (κ1) is 16.6. The molecule has 6 heteroatoms. The van der Waals surface area contributed by atoms with E-state index in [1.807, 2.05) is 18.2 Å². The highest BCUT2D eigenvalue weighted by molar-refractivity contribution is 5.89. The van der Waals surface area contributed by atoms with E-state index in [9.17, 15) is 9.90 Å². The molecule has 0 bridgehead atoms. The van der Waals surface area contributed by atoms with Crippen molar-refractivity contribution in [3.8, 4) is 5.75 Å². The van der Waals surface area contributed by atoms with Gasteiger partial charge in [0.1, 0.15) is 18.5 Å². The number of urea groups is 1. The summed E-state index contributed by atoms with van der Waals surface area (Å²) in [5, 5.41) is 12.1. The Labute approximate surface area is 130 Å². The van der Waals surface area contributed by atoms with Crippen LogP contribution in [-0.2, 0) is 0 Å². The summed E-state index contributed by atoms with van der Waals surface area (Å²) in [4.78, 5) is 11.2. The highest BCUT2D eigenvalue weighted by Crippen LogP contribution is 2.36. The van der Waals surface area contributed by atoms with Crippen LogP contribution in [0.4, 0.5) is 10.5 Å². The number of amides is 2. The van der Waals surface area contributed by atoms with Crippen molar-refractivity contribution >= 4 is 11.7 Å². The van der Waals surface area contributed by atoms with E-state index in [0.717, 1.165) is 0 Å².